The van der Waals surface area contributed by atoms with E-state index >= 15 is 0 Å². The fourth-order valence-corrected chi connectivity index (χ4v) is 1.41. The van der Waals surface area contributed by atoms with E-state index in [2.05, 4.69) is 5.32 Å². The number of nitrogens with zero attached hydrogens (tertiary/aromatic N) is 1. The summed E-state index contributed by atoms with van der Waals surface area (Å²) in [5.74, 6) is -0.773. The summed E-state index contributed by atoms with van der Waals surface area (Å²) in [5, 5.41) is 12.3. The van der Waals surface area contributed by atoms with Crippen LogP contribution < -0.4 is 5.32 Å². The van der Waals surface area contributed by atoms with Crippen molar-refractivity contribution in [3.8, 4) is 0 Å². The van der Waals surface area contributed by atoms with Gasteiger partial charge in [0.05, 0.1) is 0 Å². The predicted octanol–water partition coefficient (Wildman–Crippen LogP) is 1.17. The molecule has 0 fully saturated rings. The zero-order valence-corrected chi connectivity index (χ0v) is 10.5. The van der Waals surface area contributed by atoms with Gasteiger partial charge in [-0.05, 0) is 47.3 Å². The number of rotatable bonds is 7. The maximum absolute atomic E-state index is 11.2. The molecule has 90 valence electrons. The van der Waals surface area contributed by atoms with Crippen LogP contribution in [0.5, 0.6) is 0 Å². The summed E-state index contributed by atoms with van der Waals surface area (Å²) < 4.78 is 0. The molecule has 0 bridgehead atoms. The lowest BCUT2D eigenvalue weighted by Gasteiger charge is -2.31. The predicted molar refractivity (Wildman–Crippen MR) is 62.1 cm³/mol. The van der Waals surface area contributed by atoms with Crippen LogP contribution in [-0.4, -0.2) is 48.2 Å². The van der Waals surface area contributed by atoms with Crippen LogP contribution in [-0.2, 0) is 4.79 Å². The zero-order chi connectivity index (χ0) is 12.1. The van der Waals surface area contributed by atoms with Gasteiger partial charge in [-0.3, -0.25) is 4.79 Å². The molecule has 0 heterocycles. The summed E-state index contributed by atoms with van der Waals surface area (Å²) in [6, 6.07) is 0.246. The third-order valence-corrected chi connectivity index (χ3v) is 2.82. The molecular formula is C11H24N2O2. The highest BCUT2D eigenvalue weighted by molar-refractivity contribution is 5.78. The summed E-state index contributed by atoms with van der Waals surface area (Å²) in [4.78, 5) is 13.2. The summed E-state index contributed by atoms with van der Waals surface area (Å²) in [6.07, 6.45) is 1.55. The van der Waals surface area contributed by atoms with Crippen molar-refractivity contribution in [3.05, 3.63) is 0 Å². The van der Waals surface area contributed by atoms with Crippen LogP contribution in [0.25, 0.3) is 0 Å². The summed E-state index contributed by atoms with van der Waals surface area (Å²) >= 11 is 0. The molecule has 0 rings (SSSR count). The highest BCUT2D eigenvalue weighted by Gasteiger charge is 2.34. The van der Waals surface area contributed by atoms with Gasteiger partial charge in [-0.2, -0.15) is 0 Å². The molecule has 0 aliphatic carbocycles. The van der Waals surface area contributed by atoms with E-state index in [1.165, 1.54) is 0 Å². The molecule has 4 heteroatoms. The maximum Gasteiger partial charge on any atom is 0.323 e. The molecule has 0 aliphatic heterocycles. The molecule has 0 aromatic rings. The van der Waals surface area contributed by atoms with Gasteiger partial charge in [0, 0.05) is 6.04 Å². The van der Waals surface area contributed by atoms with Crippen molar-refractivity contribution in [3.63, 3.8) is 0 Å². The van der Waals surface area contributed by atoms with Crippen LogP contribution in [0.4, 0.5) is 0 Å². The van der Waals surface area contributed by atoms with Gasteiger partial charge in [-0.1, -0.05) is 6.92 Å². The number of carboxylic acids is 1. The Morgan fingerprint density at radius 1 is 1.53 bits per heavy atom. The Morgan fingerprint density at radius 2 is 2.07 bits per heavy atom. The van der Waals surface area contributed by atoms with Gasteiger partial charge in [0.1, 0.15) is 5.54 Å². The molecular weight excluding hydrogens is 192 g/mol. The monoisotopic (exact) mass is 216 g/mol. The van der Waals surface area contributed by atoms with E-state index in [1.807, 2.05) is 32.8 Å². The summed E-state index contributed by atoms with van der Waals surface area (Å²) in [5.41, 5.74) is -0.820. The van der Waals surface area contributed by atoms with Gasteiger partial charge in [0.2, 0.25) is 0 Å². The van der Waals surface area contributed by atoms with E-state index in [1.54, 1.807) is 6.92 Å². The van der Waals surface area contributed by atoms with Gasteiger partial charge in [-0.25, -0.2) is 0 Å². The van der Waals surface area contributed by atoms with Crippen LogP contribution in [0.15, 0.2) is 0 Å². The highest BCUT2D eigenvalue weighted by atomic mass is 16.4. The van der Waals surface area contributed by atoms with Crippen LogP contribution >= 0.6 is 0 Å². The standard InChI is InChI=1S/C11H24N2O2/c1-6-7-12-11(3,10(14)15)8-9(2)13(4)5/h9,12H,6-8H2,1-5H3,(H,14,15). The molecule has 0 radical (unpaired) electrons. The first-order chi connectivity index (χ1) is 6.83. The second-order valence-electron chi connectivity index (χ2n) is 4.58. The van der Waals surface area contributed by atoms with E-state index in [-0.39, 0.29) is 6.04 Å². The lowest BCUT2D eigenvalue weighted by Crippen LogP contribution is -2.53. The van der Waals surface area contributed by atoms with Crippen LogP contribution in [0.1, 0.15) is 33.6 Å². The van der Waals surface area contributed by atoms with Crippen molar-refractivity contribution in [2.75, 3.05) is 20.6 Å². The number of nitrogens with one attached hydrogen (secondary N) is 1. The Kier molecular flexibility index (Phi) is 5.83. The molecule has 15 heavy (non-hydrogen) atoms. The first-order valence-electron chi connectivity index (χ1n) is 5.48. The summed E-state index contributed by atoms with van der Waals surface area (Å²) in [6.45, 7) is 6.56. The average Bonchev–Trinajstić information content (AvgIpc) is 2.14. The lowest BCUT2D eigenvalue weighted by atomic mass is 9.93. The topological polar surface area (TPSA) is 52.6 Å². The zero-order valence-electron chi connectivity index (χ0n) is 10.5. The molecule has 2 unspecified atom stereocenters. The molecule has 0 amide bonds. The average molecular weight is 216 g/mol. The first kappa shape index (κ1) is 14.4. The molecule has 2 N–H and O–H groups in total. The van der Waals surface area contributed by atoms with Gasteiger partial charge in [0.15, 0.2) is 0 Å². The fourth-order valence-electron chi connectivity index (χ4n) is 1.41. The molecule has 4 nitrogen and oxygen atoms in total. The van der Waals surface area contributed by atoms with E-state index in [0.29, 0.717) is 6.42 Å². The molecule has 0 spiro atoms. The van der Waals surface area contributed by atoms with Gasteiger partial charge < -0.3 is 15.3 Å². The number of hydrogen-bond acceptors (Lipinski definition) is 3. The first-order valence-corrected chi connectivity index (χ1v) is 5.48. The van der Waals surface area contributed by atoms with Crippen LogP contribution in [0.2, 0.25) is 0 Å². The number of hydrogen-bond donors (Lipinski definition) is 2. The molecule has 0 saturated carbocycles. The van der Waals surface area contributed by atoms with Gasteiger partial charge >= 0.3 is 5.97 Å². The fraction of sp³-hybridized carbons (Fsp3) is 0.909. The minimum absolute atomic E-state index is 0.246. The molecule has 0 aromatic heterocycles. The SMILES string of the molecule is CCCNC(C)(CC(C)N(C)C)C(=O)O. The molecule has 2 atom stereocenters. The van der Waals surface area contributed by atoms with Crippen molar-refractivity contribution >= 4 is 5.97 Å². The normalized spacial score (nSPS) is 17.5. The third kappa shape index (κ3) is 4.62. The number of carbonyl (C=O) groups is 1. The van der Waals surface area contributed by atoms with Crippen molar-refractivity contribution in [1.29, 1.82) is 0 Å². The Bertz CT molecular complexity index is 207. The highest BCUT2D eigenvalue weighted by Crippen LogP contribution is 2.15. The Hall–Kier alpha value is -0.610. The third-order valence-electron chi connectivity index (χ3n) is 2.82. The minimum Gasteiger partial charge on any atom is -0.480 e. The summed E-state index contributed by atoms with van der Waals surface area (Å²) in [7, 11) is 3.93. The second kappa shape index (κ2) is 6.08. The molecule has 0 saturated heterocycles. The van der Waals surface area contributed by atoms with Crippen molar-refractivity contribution in [2.24, 2.45) is 0 Å². The van der Waals surface area contributed by atoms with E-state index < -0.39 is 11.5 Å². The van der Waals surface area contributed by atoms with E-state index in [0.717, 1.165) is 13.0 Å². The minimum atomic E-state index is -0.820. The molecule has 0 aliphatic rings. The number of aliphatic carboxylic acids is 1. The van der Waals surface area contributed by atoms with Gasteiger partial charge in [-0.15, -0.1) is 0 Å². The Balaban J connectivity index is 4.44. The number of carboxylic acid groups (broad SMARTS) is 1. The van der Waals surface area contributed by atoms with Crippen LogP contribution in [0.3, 0.4) is 0 Å². The Morgan fingerprint density at radius 3 is 2.40 bits per heavy atom. The van der Waals surface area contributed by atoms with Crippen molar-refractivity contribution in [1.82, 2.24) is 10.2 Å². The second-order valence-corrected chi connectivity index (χ2v) is 4.58. The maximum atomic E-state index is 11.2. The largest absolute Gasteiger partial charge is 0.480 e. The lowest BCUT2D eigenvalue weighted by molar-refractivity contribution is -0.145. The Labute approximate surface area is 92.7 Å². The van der Waals surface area contributed by atoms with Crippen molar-refractivity contribution < 1.29 is 9.90 Å². The van der Waals surface area contributed by atoms with Gasteiger partial charge in [0.25, 0.3) is 0 Å². The van der Waals surface area contributed by atoms with Crippen molar-refractivity contribution in [2.45, 2.75) is 45.2 Å². The smallest absolute Gasteiger partial charge is 0.323 e. The van der Waals surface area contributed by atoms with E-state index in [4.69, 9.17) is 0 Å². The van der Waals surface area contributed by atoms with Crippen LogP contribution in [0, 0.1) is 0 Å². The van der Waals surface area contributed by atoms with E-state index in [9.17, 15) is 9.90 Å². The molecule has 0 aromatic carbocycles. The quantitative estimate of drug-likeness (QED) is 0.671.